The van der Waals surface area contributed by atoms with Crippen LogP contribution in [0.15, 0.2) is 12.1 Å². The molecule has 0 aliphatic carbocycles. The Hall–Kier alpha value is -1.73. The first-order valence-electron chi connectivity index (χ1n) is 6.24. The Morgan fingerprint density at radius 3 is 3.00 bits per heavy atom. The number of pyridine rings is 1. The van der Waals surface area contributed by atoms with E-state index in [0.717, 1.165) is 5.69 Å². The number of hydrogen-bond donors (Lipinski definition) is 1. The van der Waals surface area contributed by atoms with E-state index in [4.69, 9.17) is 27.4 Å². The monoisotopic (exact) mass is 295 g/mol. The van der Waals surface area contributed by atoms with Gasteiger partial charge in [0.25, 0.3) is 0 Å². The summed E-state index contributed by atoms with van der Waals surface area (Å²) in [5.41, 5.74) is 7.30. The number of carbonyl (C=O) groups excluding carboxylic acids is 1. The highest BCUT2D eigenvalue weighted by atomic mass is 32.1. The molecule has 6 nitrogen and oxygen atoms in total. The van der Waals surface area contributed by atoms with Crippen molar-refractivity contribution in [3.63, 3.8) is 0 Å². The molecule has 2 rings (SSSR count). The maximum Gasteiger partial charge on any atom is 0.336 e. The fourth-order valence-corrected chi connectivity index (χ4v) is 2.25. The van der Waals surface area contributed by atoms with Crippen LogP contribution in [-0.2, 0) is 14.3 Å². The van der Waals surface area contributed by atoms with E-state index in [1.807, 2.05) is 24.0 Å². The number of rotatable bonds is 3. The highest BCUT2D eigenvalue weighted by molar-refractivity contribution is 7.80. The average molecular weight is 295 g/mol. The van der Waals surface area contributed by atoms with Crippen molar-refractivity contribution in [3.8, 4) is 0 Å². The van der Waals surface area contributed by atoms with Crippen molar-refractivity contribution >= 4 is 29.0 Å². The number of nitrogens with zero attached hydrogens (tertiary/aromatic N) is 2. The van der Waals surface area contributed by atoms with E-state index in [9.17, 15) is 4.79 Å². The second kappa shape index (κ2) is 6.15. The SMILES string of the molecule is COC(=O)C1CN(c2nc(C)ccc2C(N)=S)CCO1. The number of anilines is 1. The van der Waals surface area contributed by atoms with E-state index >= 15 is 0 Å². The van der Waals surface area contributed by atoms with Gasteiger partial charge >= 0.3 is 5.97 Å². The first-order chi connectivity index (χ1) is 9.52. The standard InChI is InChI=1S/C13H17N3O3S/c1-8-3-4-9(11(14)20)12(15-8)16-5-6-19-10(7-16)13(17)18-2/h3-4,10H,5-7H2,1-2H3,(H2,14,20). The van der Waals surface area contributed by atoms with Crippen LogP contribution in [-0.4, -0.2) is 48.9 Å². The molecule has 0 aromatic carbocycles. The van der Waals surface area contributed by atoms with Crippen molar-refractivity contribution in [3.05, 3.63) is 23.4 Å². The predicted octanol–water partition coefficient (Wildman–Crippen LogP) is 0.402. The van der Waals surface area contributed by atoms with Gasteiger partial charge in [-0.1, -0.05) is 12.2 Å². The van der Waals surface area contributed by atoms with E-state index in [1.54, 1.807) is 0 Å². The van der Waals surface area contributed by atoms with Gasteiger partial charge in [-0.05, 0) is 19.1 Å². The minimum absolute atomic E-state index is 0.286. The molecule has 20 heavy (non-hydrogen) atoms. The third-order valence-electron chi connectivity index (χ3n) is 3.11. The molecule has 0 saturated carbocycles. The van der Waals surface area contributed by atoms with E-state index in [-0.39, 0.29) is 11.0 Å². The second-order valence-corrected chi connectivity index (χ2v) is 4.96. The van der Waals surface area contributed by atoms with E-state index in [0.29, 0.717) is 31.1 Å². The molecular weight excluding hydrogens is 278 g/mol. The van der Waals surface area contributed by atoms with Gasteiger partial charge < -0.3 is 20.1 Å². The molecule has 7 heteroatoms. The number of methoxy groups -OCH3 is 1. The molecule has 0 radical (unpaired) electrons. The number of esters is 1. The lowest BCUT2D eigenvalue weighted by molar-refractivity contribution is -0.154. The topological polar surface area (TPSA) is 77.7 Å². The summed E-state index contributed by atoms with van der Waals surface area (Å²) >= 11 is 5.05. The summed E-state index contributed by atoms with van der Waals surface area (Å²) in [5.74, 6) is 0.300. The zero-order valence-corrected chi connectivity index (χ0v) is 12.3. The van der Waals surface area contributed by atoms with Crippen molar-refractivity contribution in [2.75, 3.05) is 31.7 Å². The molecule has 108 valence electrons. The predicted molar refractivity (Wildman–Crippen MR) is 78.8 cm³/mol. The molecule has 0 bridgehead atoms. The van der Waals surface area contributed by atoms with E-state index < -0.39 is 6.10 Å². The van der Waals surface area contributed by atoms with Gasteiger partial charge in [-0.25, -0.2) is 9.78 Å². The van der Waals surface area contributed by atoms with Crippen LogP contribution < -0.4 is 10.6 Å². The van der Waals surface area contributed by atoms with Gasteiger partial charge in [0.1, 0.15) is 10.8 Å². The lowest BCUT2D eigenvalue weighted by Gasteiger charge is -2.33. The maximum atomic E-state index is 11.6. The summed E-state index contributed by atoms with van der Waals surface area (Å²) in [6, 6.07) is 3.71. The van der Waals surface area contributed by atoms with Crippen LogP contribution in [0.25, 0.3) is 0 Å². The molecule has 1 aromatic rings. The van der Waals surface area contributed by atoms with Gasteiger partial charge in [-0.15, -0.1) is 0 Å². The molecule has 1 saturated heterocycles. The number of morpholine rings is 1. The van der Waals surface area contributed by atoms with Crippen molar-refractivity contribution in [1.82, 2.24) is 4.98 Å². The normalized spacial score (nSPS) is 18.7. The summed E-state index contributed by atoms with van der Waals surface area (Å²) < 4.78 is 10.1. The minimum Gasteiger partial charge on any atom is -0.467 e. The molecule has 1 aliphatic rings. The number of nitrogens with two attached hydrogens (primary N) is 1. The molecule has 1 unspecified atom stereocenters. The fourth-order valence-electron chi connectivity index (χ4n) is 2.09. The molecule has 2 heterocycles. The zero-order chi connectivity index (χ0) is 14.7. The second-order valence-electron chi connectivity index (χ2n) is 4.52. The van der Waals surface area contributed by atoms with Crippen molar-refractivity contribution in [2.45, 2.75) is 13.0 Å². The van der Waals surface area contributed by atoms with Gasteiger partial charge in [0.05, 0.1) is 25.8 Å². The summed E-state index contributed by atoms with van der Waals surface area (Å²) in [6.45, 7) is 3.32. The third-order valence-corrected chi connectivity index (χ3v) is 3.33. The molecule has 1 fully saturated rings. The van der Waals surface area contributed by atoms with Gasteiger partial charge in [-0.2, -0.15) is 0 Å². The Balaban J connectivity index is 2.28. The van der Waals surface area contributed by atoms with E-state index in [2.05, 4.69) is 4.98 Å². The Morgan fingerprint density at radius 2 is 2.35 bits per heavy atom. The number of ether oxygens (including phenoxy) is 2. The van der Waals surface area contributed by atoms with Crippen LogP contribution in [0.5, 0.6) is 0 Å². The lowest BCUT2D eigenvalue weighted by atomic mass is 10.2. The first-order valence-corrected chi connectivity index (χ1v) is 6.65. The first kappa shape index (κ1) is 14.7. The quantitative estimate of drug-likeness (QED) is 0.639. The van der Waals surface area contributed by atoms with Crippen LogP contribution in [0.4, 0.5) is 5.82 Å². The minimum atomic E-state index is -0.616. The highest BCUT2D eigenvalue weighted by Gasteiger charge is 2.29. The molecular formula is C13H17N3O3S. The third kappa shape index (κ3) is 3.05. The Kier molecular flexibility index (Phi) is 4.51. The summed E-state index contributed by atoms with van der Waals surface area (Å²) in [4.78, 5) is 18.3. The Labute approximate surface area is 122 Å². The molecule has 0 amide bonds. The molecule has 1 atom stereocenters. The van der Waals surface area contributed by atoms with Gasteiger partial charge in [0, 0.05) is 12.2 Å². The fraction of sp³-hybridized carbons (Fsp3) is 0.462. The van der Waals surface area contributed by atoms with Crippen molar-refractivity contribution < 1.29 is 14.3 Å². The number of aryl methyl sites for hydroxylation is 1. The number of aromatic nitrogens is 1. The zero-order valence-electron chi connectivity index (χ0n) is 11.5. The van der Waals surface area contributed by atoms with Crippen LogP contribution in [0, 0.1) is 6.92 Å². The maximum absolute atomic E-state index is 11.6. The van der Waals surface area contributed by atoms with Crippen LogP contribution in [0.3, 0.4) is 0 Å². The summed E-state index contributed by atoms with van der Waals surface area (Å²) in [5, 5.41) is 0. The van der Waals surface area contributed by atoms with Gasteiger partial charge in [0.15, 0.2) is 6.10 Å². The van der Waals surface area contributed by atoms with Gasteiger partial charge in [-0.3, -0.25) is 0 Å². The lowest BCUT2D eigenvalue weighted by Crippen LogP contribution is -2.47. The number of thiocarbonyl (C=S) groups is 1. The van der Waals surface area contributed by atoms with Crippen molar-refractivity contribution in [1.29, 1.82) is 0 Å². The number of hydrogen-bond acceptors (Lipinski definition) is 6. The van der Waals surface area contributed by atoms with E-state index in [1.165, 1.54) is 7.11 Å². The van der Waals surface area contributed by atoms with Crippen LogP contribution >= 0.6 is 12.2 Å². The summed E-state index contributed by atoms with van der Waals surface area (Å²) in [6.07, 6.45) is -0.616. The van der Waals surface area contributed by atoms with Crippen LogP contribution in [0.1, 0.15) is 11.3 Å². The van der Waals surface area contributed by atoms with Crippen LogP contribution in [0.2, 0.25) is 0 Å². The van der Waals surface area contributed by atoms with Gasteiger partial charge in [0.2, 0.25) is 0 Å². The summed E-state index contributed by atoms with van der Waals surface area (Å²) in [7, 11) is 1.34. The Morgan fingerprint density at radius 1 is 1.60 bits per heavy atom. The largest absolute Gasteiger partial charge is 0.467 e. The molecule has 0 spiro atoms. The Bertz CT molecular complexity index is 536. The average Bonchev–Trinajstić information content (AvgIpc) is 2.46. The highest BCUT2D eigenvalue weighted by Crippen LogP contribution is 2.21. The number of carbonyl (C=O) groups is 1. The molecule has 1 aliphatic heterocycles. The van der Waals surface area contributed by atoms with Crippen molar-refractivity contribution in [2.24, 2.45) is 5.73 Å². The molecule has 2 N–H and O–H groups in total. The smallest absolute Gasteiger partial charge is 0.336 e. The molecule has 1 aromatic heterocycles.